The molecule has 3 nitrogen and oxygen atoms in total. The number of para-hydroxylation sites is 2. The highest BCUT2D eigenvalue weighted by Crippen LogP contribution is 2.30. The Labute approximate surface area is 123 Å². The van der Waals surface area contributed by atoms with E-state index in [9.17, 15) is 0 Å². The predicted octanol–water partition coefficient (Wildman–Crippen LogP) is 4.34. The van der Waals surface area contributed by atoms with E-state index in [4.69, 9.17) is 11.6 Å². The molecule has 2 unspecified atom stereocenters. The number of pyridine rings is 1. The second-order valence-corrected chi connectivity index (χ2v) is 5.53. The van der Waals surface area contributed by atoms with Gasteiger partial charge in [0.1, 0.15) is 5.82 Å². The van der Waals surface area contributed by atoms with E-state index in [1.165, 1.54) is 0 Å². The topological polar surface area (TPSA) is 30.7 Å². The van der Waals surface area contributed by atoms with E-state index in [2.05, 4.69) is 27.5 Å². The molecule has 0 amide bonds. The third-order valence-corrected chi connectivity index (χ3v) is 3.68. The molecule has 4 heteroatoms. The summed E-state index contributed by atoms with van der Waals surface area (Å²) < 4.78 is 2.18. The minimum absolute atomic E-state index is 0.0970. The highest BCUT2D eigenvalue weighted by atomic mass is 35.5. The van der Waals surface area contributed by atoms with E-state index >= 15 is 0 Å². The predicted molar refractivity (Wildman–Crippen MR) is 82.1 cm³/mol. The van der Waals surface area contributed by atoms with Gasteiger partial charge in [-0.15, -0.1) is 11.6 Å². The molecule has 102 valence electrons. The summed E-state index contributed by atoms with van der Waals surface area (Å²) >= 11 is 6.31. The first-order chi connectivity index (χ1) is 9.68. The molecule has 2 atom stereocenters. The zero-order chi connectivity index (χ0) is 14.1. The molecule has 3 rings (SSSR count). The number of halogens is 1. The van der Waals surface area contributed by atoms with Gasteiger partial charge in [-0.3, -0.25) is 4.98 Å². The molecule has 2 heterocycles. The smallest absolute Gasteiger partial charge is 0.128 e. The Morgan fingerprint density at radius 3 is 2.50 bits per heavy atom. The Kier molecular flexibility index (Phi) is 3.45. The molecule has 0 fully saturated rings. The molecule has 0 spiro atoms. The first kappa shape index (κ1) is 13.1. The summed E-state index contributed by atoms with van der Waals surface area (Å²) in [5.74, 6) is 0.881. The van der Waals surface area contributed by atoms with Crippen molar-refractivity contribution in [2.75, 3.05) is 0 Å². The molecule has 0 aliphatic rings. The summed E-state index contributed by atoms with van der Waals surface area (Å²) in [6.07, 6.45) is 1.81. The minimum Gasteiger partial charge on any atom is -0.318 e. The maximum atomic E-state index is 6.31. The van der Waals surface area contributed by atoms with Crippen LogP contribution < -0.4 is 0 Å². The lowest BCUT2D eigenvalue weighted by molar-refractivity contribution is 0.603. The van der Waals surface area contributed by atoms with Crippen molar-refractivity contribution in [2.24, 2.45) is 0 Å². The van der Waals surface area contributed by atoms with Crippen LogP contribution in [0, 0.1) is 0 Å². The van der Waals surface area contributed by atoms with E-state index in [0.717, 1.165) is 22.6 Å². The summed E-state index contributed by atoms with van der Waals surface area (Å²) in [6, 6.07) is 14.2. The number of benzene rings is 1. The Morgan fingerprint density at radius 2 is 1.80 bits per heavy atom. The van der Waals surface area contributed by atoms with Gasteiger partial charge in [0.2, 0.25) is 0 Å². The molecule has 0 saturated heterocycles. The van der Waals surface area contributed by atoms with Crippen LogP contribution in [-0.4, -0.2) is 14.5 Å². The normalized spacial score (nSPS) is 14.3. The van der Waals surface area contributed by atoms with Crippen LogP contribution in [0.15, 0.2) is 48.7 Å². The summed E-state index contributed by atoms with van der Waals surface area (Å²) in [7, 11) is 0. The molecule has 3 aromatic rings. The van der Waals surface area contributed by atoms with E-state index in [1.807, 2.05) is 49.5 Å². The van der Waals surface area contributed by atoms with Gasteiger partial charge in [0.25, 0.3) is 0 Å². The number of alkyl halides is 1. The minimum atomic E-state index is -0.145. The van der Waals surface area contributed by atoms with Gasteiger partial charge in [0.05, 0.1) is 28.1 Å². The molecule has 0 aliphatic heterocycles. The average Bonchev–Trinajstić information content (AvgIpc) is 2.87. The van der Waals surface area contributed by atoms with Crippen LogP contribution in [0.25, 0.3) is 11.0 Å². The van der Waals surface area contributed by atoms with Crippen molar-refractivity contribution < 1.29 is 0 Å². The highest BCUT2D eigenvalue weighted by molar-refractivity contribution is 6.20. The summed E-state index contributed by atoms with van der Waals surface area (Å²) in [6.45, 7) is 4.07. The molecule has 0 bridgehead atoms. The second-order valence-electron chi connectivity index (χ2n) is 4.88. The summed E-state index contributed by atoms with van der Waals surface area (Å²) in [5, 5.41) is -0.145. The quantitative estimate of drug-likeness (QED) is 0.670. The van der Waals surface area contributed by atoms with Gasteiger partial charge in [-0.25, -0.2) is 4.98 Å². The van der Waals surface area contributed by atoms with Crippen LogP contribution in [0.4, 0.5) is 0 Å². The lowest BCUT2D eigenvalue weighted by Crippen LogP contribution is -2.12. The van der Waals surface area contributed by atoms with Crippen molar-refractivity contribution in [3.63, 3.8) is 0 Å². The molecule has 0 aliphatic carbocycles. The number of hydrogen-bond donors (Lipinski definition) is 0. The second kappa shape index (κ2) is 5.25. The van der Waals surface area contributed by atoms with Crippen molar-refractivity contribution in [1.82, 2.24) is 14.5 Å². The van der Waals surface area contributed by atoms with E-state index < -0.39 is 0 Å². The van der Waals surface area contributed by atoms with Crippen molar-refractivity contribution in [3.8, 4) is 0 Å². The van der Waals surface area contributed by atoms with Crippen LogP contribution in [0.2, 0.25) is 0 Å². The van der Waals surface area contributed by atoms with E-state index in [-0.39, 0.29) is 11.4 Å². The number of rotatable bonds is 3. The highest BCUT2D eigenvalue weighted by Gasteiger charge is 2.20. The van der Waals surface area contributed by atoms with E-state index in [1.54, 1.807) is 0 Å². The number of nitrogens with zero attached hydrogens (tertiary/aromatic N) is 3. The van der Waals surface area contributed by atoms with Crippen LogP contribution in [0.5, 0.6) is 0 Å². The van der Waals surface area contributed by atoms with Crippen LogP contribution >= 0.6 is 11.6 Å². The molecule has 0 saturated carbocycles. The van der Waals surface area contributed by atoms with Crippen LogP contribution in [-0.2, 0) is 0 Å². The number of hydrogen-bond acceptors (Lipinski definition) is 2. The largest absolute Gasteiger partial charge is 0.318 e. The molecule has 20 heavy (non-hydrogen) atoms. The van der Waals surface area contributed by atoms with Crippen molar-refractivity contribution >= 4 is 22.6 Å². The van der Waals surface area contributed by atoms with Gasteiger partial charge in [-0.1, -0.05) is 18.2 Å². The first-order valence-electron chi connectivity index (χ1n) is 6.70. The summed E-state index contributed by atoms with van der Waals surface area (Å²) in [5.41, 5.74) is 3.07. The van der Waals surface area contributed by atoms with Gasteiger partial charge in [-0.05, 0) is 38.1 Å². The van der Waals surface area contributed by atoms with Gasteiger partial charge in [0, 0.05) is 6.20 Å². The molecular formula is C16H16ClN3. The molecular weight excluding hydrogens is 270 g/mol. The fraction of sp³-hybridized carbons (Fsp3) is 0.250. The molecule has 0 radical (unpaired) electrons. The lowest BCUT2D eigenvalue weighted by Gasteiger charge is -2.18. The maximum Gasteiger partial charge on any atom is 0.128 e. The number of imidazole rings is 1. The number of aromatic nitrogens is 3. The zero-order valence-electron chi connectivity index (χ0n) is 11.5. The SMILES string of the molecule is CC(Cl)c1nc2ccccc2n1C(C)c1ccccn1. The monoisotopic (exact) mass is 285 g/mol. The lowest BCUT2D eigenvalue weighted by atomic mass is 10.2. The van der Waals surface area contributed by atoms with Gasteiger partial charge in [0.15, 0.2) is 0 Å². The molecule has 2 aromatic heterocycles. The van der Waals surface area contributed by atoms with Gasteiger partial charge < -0.3 is 4.57 Å². The third kappa shape index (κ3) is 2.18. The van der Waals surface area contributed by atoms with Gasteiger partial charge in [-0.2, -0.15) is 0 Å². The number of fused-ring (bicyclic) bond motifs is 1. The van der Waals surface area contributed by atoms with Crippen molar-refractivity contribution in [3.05, 3.63) is 60.2 Å². The maximum absolute atomic E-state index is 6.31. The van der Waals surface area contributed by atoms with Crippen LogP contribution in [0.1, 0.15) is 36.8 Å². The summed E-state index contributed by atoms with van der Waals surface area (Å²) in [4.78, 5) is 9.11. The molecule has 0 N–H and O–H groups in total. The van der Waals surface area contributed by atoms with E-state index in [0.29, 0.717) is 0 Å². The Bertz CT molecular complexity index is 719. The Balaban J connectivity index is 2.21. The van der Waals surface area contributed by atoms with Crippen molar-refractivity contribution in [1.29, 1.82) is 0 Å². The van der Waals surface area contributed by atoms with Crippen molar-refractivity contribution in [2.45, 2.75) is 25.3 Å². The Morgan fingerprint density at radius 1 is 1.05 bits per heavy atom. The van der Waals surface area contributed by atoms with Crippen LogP contribution in [0.3, 0.4) is 0 Å². The third-order valence-electron chi connectivity index (χ3n) is 3.48. The fourth-order valence-electron chi connectivity index (χ4n) is 2.51. The van der Waals surface area contributed by atoms with Gasteiger partial charge >= 0.3 is 0 Å². The average molecular weight is 286 g/mol. The standard InChI is InChI=1S/C16H16ClN3/c1-11(17)16-19-14-8-3-4-9-15(14)20(16)12(2)13-7-5-6-10-18-13/h3-12H,1-2H3. The first-order valence-corrected chi connectivity index (χ1v) is 7.14. The zero-order valence-corrected chi connectivity index (χ0v) is 12.2. The molecule has 1 aromatic carbocycles. The Hall–Kier alpha value is -1.87. The fourth-order valence-corrected chi connectivity index (χ4v) is 2.66.